The molecule has 0 unspecified atom stereocenters. The third-order valence-electron chi connectivity index (χ3n) is 1.88. The number of aromatic nitrogens is 1. The smallest absolute Gasteiger partial charge is 0.250 e. The predicted octanol–water partition coefficient (Wildman–Crippen LogP) is 2.57. The van der Waals surface area contributed by atoms with E-state index in [4.69, 9.17) is 4.74 Å². The molecule has 0 amide bonds. The Kier molecular flexibility index (Phi) is 3.68. The number of methoxy groups -OCH3 is 1. The zero-order chi connectivity index (χ0) is 9.68. The van der Waals surface area contributed by atoms with Crippen molar-refractivity contribution in [3.05, 3.63) is 23.6 Å². The summed E-state index contributed by atoms with van der Waals surface area (Å²) in [6.07, 6.45) is 4.71. The average molecular weight is 183 g/mol. The van der Waals surface area contributed by atoms with Crippen molar-refractivity contribution in [3.8, 4) is 5.88 Å². The minimum atomic E-state index is -0.379. The Morgan fingerprint density at radius 1 is 1.54 bits per heavy atom. The molecule has 0 spiro atoms. The van der Waals surface area contributed by atoms with Gasteiger partial charge in [-0.1, -0.05) is 13.3 Å². The number of hydrogen-bond donors (Lipinski definition) is 0. The Hall–Kier alpha value is -1.12. The first-order valence-corrected chi connectivity index (χ1v) is 4.46. The fourth-order valence-corrected chi connectivity index (χ4v) is 1.13. The van der Waals surface area contributed by atoms with E-state index in [1.807, 2.05) is 0 Å². The van der Waals surface area contributed by atoms with Crippen molar-refractivity contribution in [2.45, 2.75) is 26.2 Å². The number of rotatable bonds is 4. The van der Waals surface area contributed by atoms with Gasteiger partial charge in [-0.2, -0.15) is 0 Å². The Labute approximate surface area is 77.8 Å². The van der Waals surface area contributed by atoms with Gasteiger partial charge in [0.05, 0.1) is 7.11 Å². The van der Waals surface area contributed by atoms with Gasteiger partial charge in [-0.3, -0.25) is 0 Å². The number of ether oxygens (including phenoxy) is 1. The minimum Gasteiger partial charge on any atom is -0.479 e. The van der Waals surface area contributed by atoms with Gasteiger partial charge in [-0.05, 0) is 24.5 Å². The van der Waals surface area contributed by atoms with Gasteiger partial charge in [0.2, 0.25) is 5.88 Å². The molecule has 1 rings (SSSR count). The zero-order valence-corrected chi connectivity index (χ0v) is 8.01. The van der Waals surface area contributed by atoms with E-state index >= 15 is 0 Å². The SMILES string of the molecule is CCCCc1cnc(OC)c(F)c1. The predicted molar refractivity (Wildman–Crippen MR) is 49.4 cm³/mol. The van der Waals surface area contributed by atoms with Crippen molar-refractivity contribution >= 4 is 0 Å². The highest BCUT2D eigenvalue weighted by Gasteiger charge is 2.04. The summed E-state index contributed by atoms with van der Waals surface area (Å²) in [6.45, 7) is 2.10. The Morgan fingerprint density at radius 2 is 2.31 bits per heavy atom. The lowest BCUT2D eigenvalue weighted by molar-refractivity contribution is 0.368. The summed E-state index contributed by atoms with van der Waals surface area (Å²) in [5.41, 5.74) is 0.931. The van der Waals surface area contributed by atoms with Crippen LogP contribution in [-0.2, 0) is 6.42 Å². The van der Waals surface area contributed by atoms with E-state index in [1.54, 1.807) is 6.20 Å². The summed E-state index contributed by atoms with van der Waals surface area (Å²) < 4.78 is 17.8. The van der Waals surface area contributed by atoms with E-state index in [1.165, 1.54) is 13.2 Å². The van der Waals surface area contributed by atoms with Crippen molar-refractivity contribution in [1.82, 2.24) is 4.98 Å². The monoisotopic (exact) mass is 183 g/mol. The van der Waals surface area contributed by atoms with Crippen LogP contribution in [0.25, 0.3) is 0 Å². The Morgan fingerprint density at radius 3 is 2.85 bits per heavy atom. The number of nitrogens with zero attached hydrogens (tertiary/aromatic N) is 1. The molecule has 2 nitrogen and oxygen atoms in total. The third kappa shape index (κ3) is 2.68. The second-order valence-corrected chi connectivity index (χ2v) is 2.94. The Balaban J connectivity index is 2.71. The van der Waals surface area contributed by atoms with Crippen LogP contribution in [0.2, 0.25) is 0 Å². The van der Waals surface area contributed by atoms with Gasteiger partial charge < -0.3 is 4.74 Å². The summed E-state index contributed by atoms with van der Waals surface area (Å²) >= 11 is 0. The van der Waals surface area contributed by atoms with E-state index in [9.17, 15) is 4.39 Å². The number of hydrogen-bond acceptors (Lipinski definition) is 2. The summed E-state index contributed by atoms with van der Waals surface area (Å²) in [4.78, 5) is 3.85. The van der Waals surface area contributed by atoms with Gasteiger partial charge in [0, 0.05) is 6.20 Å². The molecule has 3 heteroatoms. The molecule has 1 heterocycles. The van der Waals surface area contributed by atoms with Crippen LogP contribution >= 0.6 is 0 Å². The quantitative estimate of drug-likeness (QED) is 0.715. The molecule has 0 aliphatic heterocycles. The van der Waals surface area contributed by atoms with Crippen molar-refractivity contribution in [1.29, 1.82) is 0 Å². The average Bonchev–Trinajstić information content (AvgIpc) is 2.15. The summed E-state index contributed by atoms with van der Waals surface area (Å²) in [6, 6.07) is 1.49. The molecule has 13 heavy (non-hydrogen) atoms. The standard InChI is InChI=1S/C10H14FNO/c1-3-4-5-8-6-9(11)10(13-2)12-7-8/h6-7H,3-5H2,1-2H3. The number of aryl methyl sites for hydroxylation is 1. The maximum absolute atomic E-state index is 13.1. The third-order valence-corrected chi connectivity index (χ3v) is 1.88. The lowest BCUT2D eigenvalue weighted by Crippen LogP contribution is -1.94. The molecular weight excluding hydrogens is 169 g/mol. The number of pyridine rings is 1. The van der Waals surface area contributed by atoms with E-state index < -0.39 is 0 Å². The van der Waals surface area contributed by atoms with Crippen LogP contribution in [-0.4, -0.2) is 12.1 Å². The molecule has 0 aromatic carbocycles. The highest BCUT2D eigenvalue weighted by molar-refractivity contribution is 5.20. The fraction of sp³-hybridized carbons (Fsp3) is 0.500. The molecule has 0 aliphatic carbocycles. The maximum Gasteiger partial charge on any atom is 0.250 e. The molecule has 0 fully saturated rings. The minimum absolute atomic E-state index is 0.0697. The molecule has 0 aliphatic rings. The van der Waals surface area contributed by atoms with Gasteiger partial charge in [0.15, 0.2) is 5.82 Å². The van der Waals surface area contributed by atoms with Gasteiger partial charge >= 0.3 is 0 Å². The molecule has 72 valence electrons. The Bertz CT molecular complexity index is 276. The molecule has 0 bridgehead atoms. The van der Waals surface area contributed by atoms with Crippen molar-refractivity contribution in [2.75, 3.05) is 7.11 Å². The van der Waals surface area contributed by atoms with E-state index in [0.29, 0.717) is 0 Å². The van der Waals surface area contributed by atoms with Gasteiger partial charge in [0.25, 0.3) is 0 Å². The van der Waals surface area contributed by atoms with E-state index in [2.05, 4.69) is 11.9 Å². The van der Waals surface area contributed by atoms with Crippen LogP contribution in [0.1, 0.15) is 25.3 Å². The lowest BCUT2D eigenvalue weighted by atomic mass is 10.1. The molecule has 0 N–H and O–H groups in total. The molecular formula is C10H14FNO. The van der Waals surface area contributed by atoms with E-state index in [-0.39, 0.29) is 11.7 Å². The molecule has 1 aromatic heterocycles. The highest BCUT2D eigenvalue weighted by atomic mass is 19.1. The molecule has 0 atom stereocenters. The van der Waals surface area contributed by atoms with Crippen LogP contribution in [0.15, 0.2) is 12.3 Å². The fourth-order valence-electron chi connectivity index (χ4n) is 1.13. The summed E-state index contributed by atoms with van der Waals surface area (Å²) in [5, 5.41) is 0. The van der Waals surface area contributed by atoms with Crippen molar-refractivity contribution in [3.63, 3.8) is 0 Å². The molecule has 1 aromatic rings. The second-order valence-electron chi connectivity index (χ2n) is 2.94. The normalized spacial score (nSPS) is 10.1. The van der Waals surface area contributed by atoms with Crippen LogP contribution < -0.4 is 4.74 Å². The number of halogens is 1. The summed E-state index contributed by atoms with van der Waals surface area (Å²) in [5.74, 6) is -0.309. The van der Waals surface area contributed by atoms with Crippen LogP contribution in [0.5, 0.6) is 5.88 Å². The first-order valence-electron chi connectivity index (χ1n) is 4.46. The first-order chi connectivity index (χ1) is 6.27. The molecule has 0 saturated heterocycles. The lowest BCUT2D eigenvalue weighted by Gasteiger charge is -2.02. The summed E-state index contributed by atoms with van der Waals surface area (Å²) in [7, 11) is 1.41. The van der Waals surface area contributed by atoms with Crippen LogP contribution in [0.3, 0.4) is 0 Å². The highest BCUT2D eigenvalue weighted by Crippen LogP contribution is 2.14. The first kappa shape index (κ1) is 9.96. The zero-order valence-electron chi connectivity index (χ0n) is 8.01. The topological polar surface area (TPSA) is 22.1 Å². The molecule has 0 saturated carbocycles. The van der Waals surface area contributed by atoms with Crippen molar-refractivity contribution < 1.29 is 9.13 Å². The second kappa shape index (κ2) is 4.80. The molecule has 0 radical (unpaired) electrons. The van der Waals surface area contributed by atoms with Crippen molar-refractivity contribution in [2.24, 2.45) is 0 Å². The van der Waals surface area contributed by atoms with Gasteiger partial charge in [-0.15, -0.1) is 0 Å². The van der Waals surface area contributed by atoms with Gasteiger partial charge in [-0.25, -0.2) is 9.37 Å². The van der Waals surface area contributed by atoms with Gasteiger partial charge in [0.1, 0.15) is 0 Å². The van der Waals surface area contributed by atoms with Crippen LogP contribution in [0, 0.1) is 5.82 Å². The number of unbranched alkanes of at least 4 members (excludes halogenated alkanes) is 1. The van der Waals surface area contributed by atoms with E-state index in [0.717, 1.165) is 24.8 Å². The van der Waals surface area contributed by atoms with Crippen LogP contribution in [0.4, 0.5) is 4.39 Å². The maximum atomic E-state index is 13.1. The largest absolute Gasteiger partial charge is 0.479 e.